The highest BCUT2D eigenvalue weighted by Gasteiger charge is 1.62. The van der Waals surface area contributed by atoms with E-state index >= 15 is 0 Å². The van der Waals surface area contributed by atoms with Gasteiger partial charge in [-0.2, -0.15) is 0 Å². The predicted octanol–water partition coefficient (Wildman–Crippen LogP) is -0.325. The van der Waals surface area contributed by atoms with Crippen molar-refractivity contribution < 1.29 is 4.79 Å². The second kappa shape index (κ2) is 9.14. The van der Waals surface area contributed by atoms with Gasteiger partial charge in [-0.3, -0.25) is 11.3 Å². The van der Waals surface area contributed by atoms with Crippen LogP contribution in [-0.4, -0.2) is 12.8 Å². The molecule has 0 fully saturated rings. The van der Waals surface area contributed by atoms with Gasteiger partial charge >= 0.3 is 0 Å². The summed E-state index contributed by atoms with van der Waals surface area (Å²) in [6.45, 7) is 3.06. The topological polar surface area (TPSA) is 55.1 Å². The molecule has 0 atom stereocenters. The first-order chi connectivity index (χ1) is 3.15. The molecule has 0 rings (SSSR count). The van der Waals surface area contributed by atoms with Gasteiger partial charge in [0.1, 0.15) is 5.78 Å². The van der Waals surface area contributed by atoms with E-state index in [-0.39, 0.29) is 5.78 Å². The first kappa shape index (κ1) is 9.77. The number of rotatable bonds is 0. The lowest BCUT2D eigenvalue weighted by atomic mass is 10.6. The molecule has 3 N–H and O–H groups in total. The van der Waals surface area contributed by atoms with Gasteiger partial charge in [-0.25, -0.2) is 0 Å². The molecule has 3 nitrogen and oxygen atoms in total. The fourth-order valence-corrected chi connectivity index (χ4v) is 0. The average Bonchev–Trinajstić information content (AvgIpc) is 1.33. The van der Waals surface area contributed by atoms with E-state index in [0.29, 0.717) is 0 Å². The van der Waals surface area contributed by atoms with Crippen molar-refractivity contribution in [2.75, 3.05) is 7.05 Å². The molecule has 7 heavy (non-hydrogen) atoms. The van der Waals surface area contributed by atoms with Crippen LogP contribution in [0, 0.1) is 0 Å². The van der Waals surface area contributed by atoms with E-state index in [0.717, 1.165) is 0 Å². The molecule has 44 valence electrons. The highest BCUT2D eigenvalue weighted by atomic mass is 16.1. The van der Waals surface area contributed by atoms with Crippen molar-refractivity contribution in [1.82, 2.24) is 5.43 Å². The Hall–Kier alpha value is -0.410. The SMILES string of the molecule is CC(C)=O.CNN. The molecule has 0 saturated carbocycles. The Balaban J connectivity index is 0. The molecule has 0 unspecified atom stereocenters. The van der Waals surface area contributed by atoms with Crippen LogP contribution >= 0.6 is 0 Å². The van der Waals surface area contributed by atoms with Crippen LogP contribution in [-0.2, 0) is 4.79 Å². The zero-order valence-electron chi connectivity index (χ0n) is 4.99. The molecule has 0 aromatic carbocycles. The van der Waals surface area contributed by atoms with Gasteiger partial charge < -0.3 is 4.79 Å². The molecular weight excluding hydrogens is 92.1 g/mol. The van der Waals surface area contributed by atoms with Gasteiger partial charge in [0.25, 0.3) is 0 Å². The van der Waals surface area contributed by atoms with Crippen molar-refractivity contribution in [3.05, 3.63) is 0 Å². The lowest BCUT2D eigenvalue weighted by molar-refractivity contribution is -0.114. The summed E-state index contributed by atoms with van der Waals surface area (Å²) in [6.07, 6.45) is 0. The molecule has 3 heteroatoms. The second-order valence-electron chi connectivity index (χ2n) is 1.20. The lowest BCUT2D eigenvalue weighted by Gasteiger charge is -1.62. The monoisotopic (exact) mass is 104 g/mol. The third-order valence-electron chi connectivity index (χ3n) is 0. The van der Waals surface area contributed by atoms with Crippen LogP contribution in [0.5, 0.6) is 0 Å². The summed E-state index contributed by atoms with van der Waals surface area (Å²) in [6, 6.07) is 0. The number of nitrogens with two attached hydrogens (primary N) is 1. The zero-order valence-corrected chi connectivity index (χ0v) is 4.99. The van der Waals surface area contributed by atoms with E-state index in [1.165, 1.54) is 13.8 Å². The van der Waals surface area contributed by atoms with Gasteiger partial charge in [-0.1, -0.05) is 0 Å². The highest BCUT2D eigenvalue weighted by Crippen LogP contribution is 1.50. The largest absolute Gasteiger partial charge is 0.300 e. The molecule has 0 aliphatic rings. The summed E-state index contributed by atoms with van der Waals surface area (Å²) < 4.78 is 0. The molecular formula is C4H12N2O. The summed E-state index contributed by atoms with van der Waals surface area (Å²) >= 11 is 0. The quantitative estimate of drug-likeness (QED) is 0.327. The smallest absolute Gasteiger partial charge is 0.126 e. The van der Waals surface area contributed by atoms with Crippen LogP contribution in [0.1, 0.15) is 13.8 Å². The molecule has 0 aliphatic carbocycles. The summed E-state index contributed by atoms with van der Waals surface area (Å²) in [7, 11) is 1.65. The van der Waals surface area contributed by atoms with E-state index in [9.17, 15) is 4.79 Å². The molecule has 0 aromatic heterocycles. The molecule has 0 heterocycles. The number of carbonyl (C=O) groups is 1. The van der Waals surface area contributed by atoms with Gasteiger partial charge in [-0.05, 0) is 20.9 Å². The first-order valence-electron chi connectivity index (χ1n) is 1.99. The fourth-order valence-electron chi connectivity index (χ4n) is 0. The van der Waals surface area contributed by atoms with E-state index in [1.54, 1.807) is 7.05 Å². The summed E-state index contributed by atoms with van der Waals surface area (Å²) in [5.41, 5.74) is 2.25. The van der Waals surface area contributed by atoms with Crippen LogP contribution in [0.4, 0.5) is 0 Å². The number of ketones is 1. The number of hydrogen-bond acceptors (Lipinski definition) is 3. The van der Waals surface area contributed by atoms with Crippen LogP contribution in [0.2, 0.25) is 0 Å². The summed E-state index contributed by atoms with van der Waals surface area (Å²) in [5.74, 6) is 4.76. The van der Waals surface area contributed by atoms with Gasteiger partial charge in [0.2, 0.25) is 0 Å². The fraction of sp³-hybridized carbons (Fsp3) is 0.750. The standard InChI is InChI=1S/C3H6O.CH6N2/c1-3(2)4;1-3-2/h1-2H3;3H,2H2,1H3. The summed E-state index contributed by atoms with van der Waals surface area (Å²) in [5, 5.41) is 0. The van der Waals surface area contributed by atoms with Crippen molar-refractivity contribution in [3.8, 4) is 0 Å². The van der Waals surface area contributed by atoms with Gasteiger partial charge in [0, 0.05) is 0 Å². The number of carbonyl (C=O) groups excluding carboxylic acids is 1. The van der Waals surface area contributed by atoms with Gasteiger partial charge in [0.15, 0.2) is 0 Å². The number of hydrogen-bond donors (Lipinski definition) is 2. The molecule has 0 saturated heterocycles. The van der Waals surface area contributed by atoms with Crippen LogP contribution in [0.25, 0.3) is 0 Å². The van der Waals surface area contributed by atoms with Crippen LogP contribution in [0.15, 0.2) is 0 Å². The minimum Gasteiger partial charge on any atom is -0.300 e. The third kappa shape index (κ3) is 429. The van der Waals surface area contributed by atoms with Crippen molar-refractivity contribution in [2.45, 2.75) is 13.8 Å². The maximum Gasteiger partial charge on any atom is 0.126 e. The normalized spacial score (nSPS) is 6.29. The Morgan fingerprint density at radius 2 is 1.57 bits per heavy atom. The van der Waals surface area contributed by atoms with Crippen LogP contribution < -0.4 is 11.3 Å². The molecule has 0 aromatic rings. The Kier molecular flexibility index (Phi) is 12.8. The Morgan fingerprint density at radius 3 is 1.57 bits per heavy atom. The summed E-state index contributed by atoms with van der Waals surface area (Å²) in [4.78, 5) is 9.44. The second-order valence-corrected chi connectivity index (χ2v) is 1.20. The minimum absolute atomic E-state index is 0.167. The molecule has 0 radical (unpaired) electrons. The number of hydrazine groups is 1. The van der Waals surface area contributed by atoms with E-state index in [1.807, 2.05) is 0 Å². The van der Waals surface area contributed by atoms with Crippen LogP contribution in [0.3, 0.4) is 0 Å². The highest BCUT2D eigenvalue weighted by molar-refractivity contribution is 5.72. The Morgan fingerprint density at radius 1 is 1.57 bits per heavy atom. The first-order valence-corrected chi connectivity index (χ1v) is 1.99. The van der Waals surface area contributed by atoms with Crippen molar-refractivity contribution in [2.24, 2.45) is 5.84 Å². The average molecular weight is 104 g/mol. The minimum atomic E-state index is 0.167. The third-order valence-corrected chi connectivity index (χ3v) is 0. The van der Waals surface area contributed by atoms with Gasteiger partial charge in [0.05, 0.1) is 0 Å². The number of Topliss-reactive ketones (excluding diaryl/α,β-unsaturated/α-hetero) is 1. The molecule has 0 amide bonds. The van der Waals surface area contributed by atoms with Gasteiger partial charge in [-0.15, -0.1) is 0 Å². The Labute approximate surface area is 43.9 Å². The van der Waals surface area contributed by atoms with E-state index in [2.05, 4.69) is 11.3 Å². The van der Waals surface area contributed by atoms with Crippen molar-refractivity contribution in [3.63, 3.8) is 0 Å². The van der Waals surface area contributed by atoms with E-state index in [4.69, 9.17) is 0 Å². The maximum atomic E-state index is 9.44. The molecule has 0 spiro atoms. The maximum absolute atomic E-state index is 9.44. The van der Waals surface area contributed by atoms with Crippen molar-refractivity contribution in [1.29, 1.82) is 0 Å². The lowest BCUT2D eigenvalue weighted by Crippen LogP contribution is -2.13. The molecule has 0 bridgehead atoms. The zero-order chi connectivity index (χ0) is 6.28. The number of nitrogens with one attached hydrogen (secondary N) is 1. The molecule has 0 aliphatic heterocycles. The Bertz CT molecular complexity index is 41.0. The van der Waals surface area contributed by atoms with Crippen molar-refractivity contribution >= 4 is 5.78 Å². The predicted molar refractivity (Wildman–Crippen MR) is 29.6 cm³/mol. The van der Waals surface area contributed by atoms with E-state index < -0.39 is 0 Å².